The van der Waals surface area contributed by atoms with Gasteiger partial charge in [0.05, 0.1) is 26.8 Å². The van der Waals surface area contributed by atoms with Crippen LogP contribution in [0.2, 0.25) is 0 Å². The highest BCUT2D eigenvalue weighted by atomic mass is 79.9. The molecule has 0 aliphatic carbocycles. The number of rotatable bonds is 13. The van der Waals surface area contributed by atoms with Crippen LogP contribution in [0.15, 0.2) is 33.2 Å². The third kappa shape index (κ3) is 9.63. The van der Waals surface area contributed by atoms with Gasteiger partial charge in [-0.2, -0.15) is 21.6 Å². The molecule has 0 saturated heterocycles. The third-order valence-electron chi connectivity index (χ3n) is 5.74. The fourth-order valence-electron chi connectivity index (χ4n) is 3.83. The van der Waals surface area contributed by atoms with Crippen molar-refractivity contribution in [2.45, 2.75) is 63.9 Å². The van der Waals surface area contributed by atoms with Gasteiger partial charge in [0.2, 0.25) is 6.10 Å². The molecular weight excluding hydrogens is 683 g/mol. The Bertz CT molecular complexity index is 1310. The lowest BCUT2D eigenvalue weighted by atomic mass is 9.87. The summed E-state index contributed by atoms with van der Waals surface area (Å²) < 4.78 is 81.1. The molecule has 7 nitrogen and oxygen atoms in total. The Labute approximate surface area is 250 Å². The van der Waals surface area contributed by atoms with Gasteiger partial charge in [0.25, 0.3) is 10.1 Å². The largest absolute Gasteiger partial charge is 0.448 e. The summed E-state index contributed by atoms with van der Waals surface area (Å²) in [4.78, 5) is 26.2. The van der Waals surface area contributed by atoms with Crippen molar-refractivity contribution >= 4 is 69.6 Å². The van der Waals surface area contributed by atoms with E-state index in [-0.39, 0.29) is 27.3 Å². The van der Waals surface area contributed by atoms with Gasteiger partial charge in [-0.15, -0.1) is 0 Å². The van der Waals surface area contributed by atoms with Gasteiger partial charge >= 0.3 is 18.1 Å². The van der Waals surface area contributed by atoms with E-state index in [9.17, 15) is 31.2 Å². The van der Waals surface area contributed by atoms with E-state index in [0.29, 0.717) is 11.1 Å². The van der Waals surface area contributed by atoms with E-state index in [2.05, 4.69) is 43.5 Å². The van der Waals surface area contributed by atoms with Gasteiger partial charge in [-0.1, -0.05) is 51.0 Å². The van der Waals surface area contributed by atoms with Crippen LogP contribution in [0.1, 0.15) is 70.0 Å². The number of esters is 2. The van der Waals surface area contributed by atoms with Crippen molar-refractivity contribution in [3.63, 3.8) is 0 Å². The SMILES string of the molecule is [B]Cc1cc(CCCCCC)cc(C[B])c1OC(=O)c1c(Br)ccc(Br)c1C(=O)OC(CS(=O)(=O)O)C(F)(F)F. The molecule has 1 N–H and O–H groups in total. The Morgan fingerprint density at radius 3 is 1.95 bits per heavy atom. The minimum absolute atomic E-state index is 0.0180. The minimum Gasteiger partial charge on any atom is -0.448 e. The quantitative estimate of drug-likeness (QED) is 0.0914. The molecule has 0 aliphatic rings. The van der Waals surface area contributed by atoms with E-state index in [1.54, 1.807) is 12.1 Å². The molecule has 0 aliphatic heterocycles. The lowest BCUT2D eigenvalue weighted by molar-refractivity contribution is -0.197. The summed E-state index contributed by atoms with van der Waals surface area (Å²) in [5, 5.41) is 0. The second-order valence-corrected chi connectivity index (χ2v) is 12.0. The second kappa shape index (κ2) is 14.9. The topological polar surface area (TPSA) is 107 Å². The van der Waals surface area contributed by atoms with Crippen LogP contribution >= 0.6 is 31.9 Å². The molecule has 0 heterocycles. The van der Waals surface area contributed by atoms with Gasteiger partial charge in [-0.3, -0.25) is 4.55 Å². The molecule has 2 rings (SSSR count). The molecule has 2 aromatic carbocycles. The standard InChI is InChI=1S/C25H25B2Br2F3O7S/c1-2-3-4-5-6-14-9-15(11-26)22(16(10-14)12-27)39-24(34)21-18(29)8-7-17(28)20(21)23(33)38-19(25(30,31)32)13-40(35,36)37/h7-10,19H,2-6,11-13H2,1H3,(H,35,36,37). The Morgan fingerprint density at radius 1 is 0.975 bits per heavy atom. The number of hydrogen-bond donors (Lipinski definition) is 1. The highest BCUT2D eigenvalue weighted by Gasteiger charge is 2.46. The number of carbonyl (C=O) groups is 2. The maximum atomic E-state index is 13.4. The minimum atomic E-state index is -5.34. The van der Waals surface area contributed by atoms with Crippen LogP contribution in [0.5, 0.6) is 5.75 Å². The molecule has 4 radical (unpaired) electrons. The average molecular weight is 708 g/mol. The summed E-state index contributed by atoms with van der Waals surface area (Å²) in [6, 6.07) is 6.15. The molecular formula is C25H25B2Br2F3O7S. The summed E-state index contributed by atoms with van der Waals surface area (Å²) >= 11 is 6.13. The molecule has 1 unspecified atom stereocenters. The normalized spacial score (nSPS) is 12.7. The summed E-state index contributed by atoms with van der Waals surface area (Å²) in [5.41, 5.74) is 0.702. The Kier molecular flexibility index (Phi) is 12.8. The zero-order chi connectivity index (χ0) is 30.3. The molecule has 1 atom stereocenters. The predicted molar refractivity (Wildman–Crippen MR) is 152 cm³/mol. The van der Waals surface area contributed by atoms with E-state index in [1.807, 2.05) is 0 Å². The highest BCUT2D eigenvalue weighted by Crippen LogP contribution is 2.34. The van der Waals surface area contributed by atoms with Gasteiger partial charge in [0.15, 0.2) is 0 Å². The molecule has 0 aromatic heterocycles. The van der Waals surface area contributed by atoms with Crippen molar-refractivity contribution in [2.24, 2.45) is 0 Å². The van der Waals surface area contributed by atoms with E-state index < -0.39 is 51.2 Å². The molecule has 0 saturated carbocycles. The Hall–Kier alpha value is -1.83. The monoisotopic (exact) mass is 706 g/mol. The zero-order valence-electron chi connectivity index (χ0n) is 21.4. The van der Waals surface area contributed by atoms with E-state index in [1.165, 1.54) is 12.1 Å². The number of hydrogen-bond acceptors (Lipinski definition) is 6. The maximum absolute atomic E-state index is 13.4. The number of benzene rings is 2. The first-order valence-corrected chi connectivity index (χ1v) is 15.3. The van der Waals surface area contributed by atoms with Gasteiger partial charge in [-0.25, -0.2) is 9.59 Å². The van der Waals surface area contributed by atoms with Crippen molar-refractivity contribution < 1.29 is 45.2 Å². The molecule has 0 bridgehead atoms. The maximum Gasteiger partial charge on any atom is 0.426 e. The highest BCUT2D eigenvalue weighted by molar-refractivity contribution is 9.11. The van der Waals surface area contributed by atoms with E-state index in [0.717, 1.165) is 37.7 Å². The molecule has 0 fully saturated rings. The molecule has 15 heteroatoms. The van der Waals surface area contributed by atoms with Crippen molar-refractivity contribution in [1.82, 2.24) is 0 Å². The summed E-state index contributed by atoms with van der Waals surface area (Å²) in [6.45, 7) is 2.10. The summed E-state index contributed by atoms with van der Waals surface area (Å²) in [7, 11) is 6.64. The second-order valence-electron chi connectivity index (χ2n) is 8.81. The van der Waals surface area contributed by atoms with Crippen LogP contribution in [0, 0.1) is 0 Å². The smallest absolute Gasteiger partial charge is 0.426 e. The van der Waals surface area contributed by atoms with Gasteiger partial charge in [0, 0.05) is 8.95 Å². The first kappa shape index (κ1) is 34.4. The number of alkyl halides is 3. The van der Waals surface area contributed by atoms with E-state index >= 15 is 0 Å². The van der Waals surface area contributed by atoms with Crippen LogP contribution in [0.4, 0.5) is 13.2 Å². The van der Waals surface area contributed by atoms with Gasteiger partial charge in [-0.05, 0) is 73.5 Å². The van der Waals surface area contributed by atoms with Gasteiger partial charge in [0.1, 0.15) is 11.5 Å². The van der Waals surface area contributed by atoms with Crippen molar-refractivity contribution in [3.8, 4) is 5.75 Å². The molecule has 40 heavy (non-hydrogen) atoms. The Morgan fingerprint density at radius 2 is 1.50 bits per heavy atom. The first-order chi connectivity index (χ1) is 18.6. The van der Waals surface area contributed by atoms with Crippen LogP contribution in [-0.4, -0.2) is 58.6 Å². The molecule has 2 aromatic rings. The number of halogens is 5. The van der Waals surface area contributed by atoms with Crippen LogP contribution in [0.3, 0.4) is 0 Å². The summed E-state index contributed by atoms with van der Waals surface area (Å²) in [6.07, 6.45) is -3.68. The number of unbranched alkanes of at least 4 members (excludes halogenated alkanes) is 3. The number of aryl methyl sites for hydroxylation is 1. The fourth-order valence-corrected chi connectivity index (χ4v) is 5.45. The van der Waals surface area contributed by atoms with E-state index in [4.69, 9.17) is 25.0 Å². The van der Waals surface area contributed by atoms with Gasteiger partial charge < -0.3 is 9.47 Å². The predicted octanol–water partition coefficient (Wildman–Crippen LogP) is 5.87. The van der Waals surface area contributed by atoms with Crippen molar-refractivity contribution in [2.75, 3.05) is 5.75 Å². The Balaban J connectivity index is 2.48. The lowest BCUT2D eigenvalue weighted by Crippen LogP contribution is -2.39. The number of carbonyl (C=O) groups excluding carboxylic acids is 2. The lowest BCUT2D eigenvalue weighted by Gasteiger charge is -2.21. The van der Waals surface area contributed by atoms with Crippen LogP contribution in [-0.2, 0) is 33.9 Å². The van der Waals surface area contributed by atoms with Crippen molar-refractivity contribution in [1.29, 1.82) is 0 Å². The average Bonchev–Trinajstić information content (AvgIpc) is 2.86. The van der Waals surface area contributed by atoms with Crippen LogP contribution < -0.4 is 4.74 Å². The molecule has 0 amide bonds. The third-order valence-corrected chi connectivity index (χ3v) is 7.79. The molecule has 214 valence electrons. The summed E-state index contributed by atoms with van der Waals surface area (Å²) in [5.74, 6) is -4.71. The van der Waals surface area contributed by atoms with Crippen molar-refractivity contribution in [3.05, 3.63) is 61.0 Å². The number of ether oxygens (including phenoxy) is 2. The molecule has 0 spiro atoms. The van der Waals surface area contributed by atoms with Crippen LogP contribution in [0.25, 0.3) is 0 Å². The first-order valence-electron chi connectivity index (χ1n) is 12.1. The zero-order valence-corrected chi connectivity index (χ0v) is 25.4. The fraction of sp³-hybridized carbons (Fsp3) is 0.440.